The SMILES string of the molecule is CCCNC(=O)NC(=O)COC(=O)c1c2c(nc3ccccc13)C(=Cc1ccco1)CC2. The summed E-state index contributed by atoms with van der Waals surface area (Å²) in [6.45, 7) is 1.79. The number of carbonyl (C=O) groups is 3. The highest BCUT2D eigenvalue weighted by atomic mass is 16.5. The molecule has 0 atom stereocenters. The van der Waals surface area contributed by atoms with Gasteiger partial charge in [0, 0.05) is 11.9 Å². The lowest BCUT2D eigenvalue weighted by molar-refractivity contribution is -0.123. The summed E-state index contributed by atoms with van der Waals surface area (Å²) in [6.07, 6.45) is 5.60. The van der Waals surface area contributed by atoms with Gasteiger partial charge >= 0.3 is 12.0 Å². The number of allylic oxidation sites excluding steroid dienone is 1. The number of amides is 3. The molecule has 0 radical (unpaired) electrons. The monoisotopic (exact) mass is 433 g/mol. The number of ether oxygens (including phenoxy) is 1. The number of fused-ring (bicyclic) bond motifs is 2. The Morgan fingerprint density at radius 2 is 2.00 bits per heavy atom. The van der Waals surface area contributed by atoms with Crippen LogP contribution >= 0.6 is 0 Å². The molecule has 1 aromatic carbocycles. The number of urea groups is 1. The first-order valence-corrected chi connectivity index (χ1v) is 10.5. The van der Waals surface area contributed by atoms with E-state index in [1.54, 1.807) is 6.26 Å². The number of hydrogen-bond donors (Lipinski definition) is 2. The largest absolute Gasteiger partial charge is 0.465 e. The first-order valence-electron chi connectivity index (χ1n) is 10.5. The van der Waals surface area contributed by atoms with E-state index in [1.807, 2.05) is 49.4 Å². The van der Waals surface area contributed by atoms with Crippen LogP contribution in [0.2, 0.25) is 0 Å². The van der Waals surface area contributed by atoms with Gasteiger partial charge in [-0.2, -0.15) is 0 Å². The number of furan rings is 1. The molecule has 0 bridgehead atoms. The van der Waals surface area contributed by atoms with Gasteiger partial charge in [-0.3, -0.25) is 10.1 Å². The molecule has 1 aliphatic carbocycles. The molecule has 32 heavy (non-hydrogen) atoms. The number of esters is 1. The van der Waals surface area contributed by atoms with Crippen LogP contribution in [0.1, 0.15) is 47.1 Å². The summed E-state index contributed by atoms with van der Waals surface area (Å²) < 4.78 is 10.7. The van der Waals surface area contributed by atoms with E-state index in [2.05, 4.69) is 10.6 Å². The van der Waals surface area contributed by atoms with Gasteiger partial charge in [0.1, 0.15) is 5.76 Å². The van der Waals surface area contributed by atoms with Gasteiger partial charge in [-0.05, 0) is 54.7 Å². The van der Waals surface area contributed by atoms with E-state index in [0.29, 0.717) is 41.6 Å². The summed E-state index contributed by atoms with van der Waals surface area (Å²) in [6, 6.07) is 10.4. The van der Waals surface area contributed by atoms with E-state index < -0.39 is 24.5 Å². The lowest BCUT2D eigenvalue weighted by atomic mass is 10.0. The second-order valence-corrected chi connectivity index (χ2v) is 7.40. The van der Waals surface area contributed by atoms with Crippen LogP contribution in [0.15, 0.2) is 47.1 Å². The van der Waals surface area contributed by atoms with Gasteiger partial charge in [0.25, 0.3) is 5.91 Å². The van der Waals surface area contributed by atoms with Gasteiger partial charge in [0.2, 0.25) is 0 Å². The van der Waals surface area contributed by atoms with Gasteiger partial charge in [0.15, 0.2) is 6.61 Å². The quantitative estimate of drug-likeness (QED) is 0.574. The standard InChI is InChI=1S/C24H23N3O5/c1-2-11-25-24(30)27-20(28)14-32-23(29)21-17-7-3-4-8-19(17)26-22-15(9-10-18(21)22)13-16-6-5-12-31-16/h3-8,12-13H,2,9-11,14H2,1H3,(H2,25,27,28,30). The summed E-state index contributed by atoms with van der Waals surface area (Å²) in [4.78, 5) is 41.4. The number of para-hydroxylation sites is 1. The van der Waals surface area contributed by atoms with Crippen molar-refractivity contribution in [3.05, 3.63) is 65.2 Å². The molecule has 2 aromatic heterocycles. The molecule has 3 amide bonds. The van der Waals surface area contributed by atoms with E-state index in [4.69, 9.17) is 14.1 Å². The van der Waals surface area contributed by atoms with Gasteiger partial charge in [0.05, 0.1) is 23.0 Å². The van der Waals surface area contributed by atoms with Crippen LogP contribution in [0.5, 0.6) is 0 Å². The van der Waals surface area contributed by atoms with E-state index in [0.717, 1.165) is 23.3 Å². The normalized spacial score (nSPS) is 13.7. The predicted molar refractivity (Wildman–Crippen MR) is 119 cm³/mol. The summed E-state index contributed by atoms with van der Waals surface area (Å²) in [5, 5.41) is 5.34. The Kier molecular flexibility index (Phi) is 6.30. The van der Waals surface area contributed by atoms with Crippen LogP contribution in [-0.4, -0.2) is 36.0 Å². The Morgan fingerprint density at radius 1 is 1.16 bits per heavy atom. The molecule has 0 unspecified atom stereocenters. The first-order chi connectivity index (χ1) is 15.6. The minimum absolute atomic E-state index is 0.400. The number of aromatic nitrogens is 1. The zero-order valence-corrected chi connectivity index (χ0v) is 17.6. The third kappa shape index (κ3) is 4.54. The van der Waals surface area contributed by atoms with Crippen LogP contribution in [0.4, 0.5) is 4.79 Å². The Balaban J connectivity index is 1.59. The Labute approximate surface area is 184 Å². The van der Waals surface area contributed by atoms with Crippen LogP contribution in [0, 0.1) is 0 Å². The molecular weight excluding hydrogens is 410 g/mol. The summed E-state index contributed by atoms with van der Waals surface area (Å²) in [5.41, 5.74) is 3.55. The number of nitrogens with one attached hydrogen (secondary N) is 2. The van der Waals surface area contributed by atoms with Crippen molar-refractivity contribution in [1.29, 1.82) is 0 Å². The van der Waals surface area contributed by atoms with Crippen LogP contribution in [0.3, 0.4) is 0 Å². The van der Waals surface area contributed by atoms with Crippen molar-refractivity contribution < 1.29 is 23.5 Å². The fourth-order valence-corrected chi connectivity index (χ4v) is 3.71. The average Bonchev–Trinajstić information content (AvgIpc) is 3.45. The first kappa shape index (κ1) is 21.3. The molecule has 4 rings (SSSR count). The number of pyridine rings is 1. The Morgan fingerprint density at radius 3 is 2.78 bits per heavy atom. The second-order valence-electron chi connectivity index (χ2n) is 7.40. The highest BCUT2D eigenvalue weighted by Crippen LogP contribution is 2.37. The fourth-order valence-electron chi connectivity index (χ4n) is 3.71. The smallest absolute Gasteiger partial charge is 0.339 e. The number of rotatable bonds is 6. The van der Waals surface area contributed by atoms with Crippen LogP contribution < -0.4 is 10.6 Å². The maximum atomic E-state index is 13.0. The highest BCUT2D eigenvalue weighted by Gasteiger charge is 2.28. The van der Waals surface area contributed by atoms with Crippen molar-refractivity contribution in [3.63, 3.8) is 0 Å². The lowest BCUT2D eigenvalue weighted by Crippen LogP contribution is -2.41. The zero-order valence-electron chi connectivity index (χ0n) is 17.6. The maximum Gasteiger partial charge on any atom is 0.339 e. The number of hydrogen-bond acceptors (Lipinski definition) is 6. The van der Waals surface area contributed by atoms with E-state index in [1.165, 1.54) is 0 Å². The molecule has 8 heteroatoms. The number of benzene rings is 1. The molecule has 2 heterocycles. The van der Waals surface area contributed by atoms with Crippen LogP contribution in [0.25, 0.3) is 22.6 Å². The van der Waals surface area contributed by atoms with Gasteiger partial charge in [-0.15, -0.1) is 0 Å². The minimum Gasteiger partial charge on any atom is -0.465 e. The van der Waals surface area contributed by atoms with Gasteiger partial charge in [-0.1, -0.05) is 25.1 Å². The third-order valence-corrected chi connectivity index (χ3v) is 5.13. The number of imide groups is 1. The molecule has 1 aliphatic rings. The molecule has 8 nitrogen and oxygen atoms in total. The number of carbonyl (C=O) groups excluding carboxylic acids is 3. The summed E-state index contributed by atoms with van der Waals surface area (Å²) in [5.74, 6) is -0.603. The second kappa shape index (κ2) is 9.47. The lowest BCUT2D eigenvalue weighted by Gasteiger charge is -2.12. The van der Waals surface area contributed by atoms with Crippen molar-refractivity contribution in [2.45, 2.75) is 26.2 Å². The molecule has 2 N–H and O–H groups in total. The van der Waals surface area contributed by atoms with Crippen molar-refractivity contribution in [2.24, 2.45) is 0 Å². The maximum absolute atomic E-state index is 13.0. The summed E-state index contributed by atoms with van der Waals surface area (Å²) in [7, 11) is 0. The van der Waals surface area contributed by atoms with Crippen LogP contribution in [-0.2, 0) is 16.0 Å². The van der Waals surface area contributed by atoms with E-state index in [-0.39, 0.29) is 0 Å². The van der Waals surface area contributed by atoms with E-state index >= 15 is 0 Å². The van der Waals surface area contributed by atoms with Gasteiger partial charge in [-0.25, -0.2) is 14.6 Å². The Hall–Kier alpha value is -3.94. The molecule has 0 spiro atoms. The van der Waals surface area contributed by atoms with E-state index in [9.17, 15) is 14.4 Å². The van der Waals surface area contributed by atoms with Crippen molar-refractivity contribution in [3.8, 4) is 0 Å². The average molecular weight is 433 g/mol. The highest BCUT2D eigenvalue weighted by molar-refractivity contribution is 6.07. The summed E-state index contributed by atoms with van der Waals surface area (Å²) >= 11 is 0. The molecule has 3 aromatic rings. The van der Waals surface area contributed by atoms with Gasteiger partial charge < -0.3 is 14.5 Å². The number of nitrogens with zero attached hydrogens (tertiary/aromatic N) is 1. The molecule has 0 fully saturated rings. The fraction of sp³-hybridized carbons (Fsp3) is 0.250. The Bertz CT molecular complexity index is 1200. The third-order valence-electron chi connectivity index (χ3n) is 5.13. The molecule has 0 saturated heterocycles. The predicted octanol–water partition coefficient (Wildman–Crippen LogP) is 3.71. The minimum atomic E-state index is -0.694. The molecule has 0 aliphatic heterocycles. The molecule has 0 saturated carbocycles. The van der Waals surface area contributed by atoms with Crippen molar-refractivity contribution >= 4 is 40.5 Å². The van der Waals surface area contributed by atoms with Crippen molar-refractivity contribution in [1.82, 2.24) is 15.6 Å². The molecular formula is C24H23N3O5. The molecule has 164 valence electrons. The zero-order chi connectivity index (χ0) is 22.5. The topological polar surface area (TPSA) is 111 Å². The van der Waals surface area contributed by atoms with Crippen molar-refractivity contribution in [2.75, 3.05) is 13.2 Å².